The Balaban J connectivity index is 1.78. The number of rotatable bonds is 3. The van der Waals surface area contributed by atoms with Crippen molar-refractivity contribution in [3.63, 3.8) is 0 Å². The van der Waals surface area contributed by atoms with Crippen LogP contribution in [0.1, 0.15) is 5.56 Å². The van der Waals surface area contributed by atoms with Crippen LogP contribution in [0.2, 0.25) is 5.28 Å². The van der Waals surface area contributed by atoms with Gasteiger partial charge in [-0.15, -0.1) is 0 Å². The minimum absolute atomic E-state index is 0.151. The zero-order valence-electron chi connectivity index (χ0n) is 12.4. The molecule has 1 amide bonds. The molecule has 23 heavy (non-hydrogen) atoms. The number of likely N-dealkylation sites (N-methyl/N-ethyl adjacent to an activating group) is 1. The van der Waals surface area contributed by atoms with Crippen molar-refractivity contribution in [1.82, 2.24) is 9.97 Å². The number of anilines is 1. The standard InChI is InChI=1S/C15H15ClN4O3/c1-20-12-4-10(22-7-9-5-18-15(16)19-6-9)2-3-13(12)23-8-11(17)14(20)21/h2-6,11H,7-8,17H2,1H3/t11-/m0/s1. The van der Waals surface area contributed by atoms with E-state index in [0.717, 1.165) is 5.56 Å². The smallest absolute Gasteiger partial charge is 0.247 e. The van der Waals surface area contributed by atoms with Crippen molar-refractivity contribution >= 4 is 23.2 Å². The fourth-order valence-electron chi connectivity index (χ4n) is 2.17. The number of nitrogens with two attached hydrogens (primary N) is 1. The fourth-order valence-corrected chi connectivity index (χ4v) is 2.27. The number of benzene rings is 1. The van der Waals surface area contributed by atoms with Crippen LogP contribution in [0.15, 0.2) is 30.6 Å². The van der Waals surface area contributed by atoms with E-state index < -0.39 is 6.04 Å². The van der Waals surface area contributed by atoms with E-state index in [1.54, 1.807) is 37.6 Å². The summed E-state index contributed by atoms with van der Waals surface area (Å²) in [4.78, 5) is 21.3. The normalized spacial score (nSPS) is 17.3. The van der Waals surface area contributed by atoms with E-state index in [2.05, 4.69) is 9.97 Å². The molecule has 3 rings (SSSR count). The number of halogens is 1. The Hall–Kier alpha value is -2.38. The molecule has 0 saturated heterocycles. The molecule has 0 aliphatic carbocycles. The quantitative estimate of drug-likeness (QED) is 0.853. The maximum atomic E-state index is 12.1. The molecule has 0 spiro atoms. The molecular formula is C15H15ClN4O3. The molecule has 120 valence electrons. The van der Waals surface area contributed by atoms with Crippen LogP contribution in [-0.4, -0.2) is 35.6 Å². The number of hydrogen-bond donors (Lipinski definition) is 1. The Kier molecular flexibility index (Phi) is 4.31. The van der Waals surface area contributed by atoms with Crippen LogP contribution in [-0.2, 0) is 11.4 Å². The Morgan fingerprint density at radius 2 is 2.17 bits per heavy atom. The second-order valence-electron chi connectivity index (χ2n) is 5.09. The first kappa shape index (κ1) is 15.5. The highest BCUT2D eigenvalue weighted by Crippen LogP contribution is 2.34. The lowest BCUT2D eigenvalue weighted by molar-refractivity contribution is -0.119. The summed E-state index contributed by atoms with van der Waals surface area (Å²) in [6.45, 7) is 0.437. The summed E-state index contributed by atoms with van der Waals surface area (Å²) in [5, 5.41) is 0.187. The van der Waals surface area contributed by atoms with Crippen molar-refractivity contribution in [3.8, 4) is 11.5 Å². The van der Waals surface area contributed by atoms with Crippen LogP contribution in [0, 0.1) is 0 Å². The van der Waals surface area contributed by atoms with Gasteiger partial charge >= 0.3 is 0 Å². The number of nitrogens with zero attached hydrogens (tertiary/aromatic N) is 3. The first-order valence-electron chi connectivity index (χ1n) is 6.94. The monoisotopic (exact) mass is 334 g/mol. The van der Waals surface area contributed by atoms with Gasteiger partial charge in [0, 0.05) is 31.1 Å². The lowest BCUT2D eigenvalue weighted by Gasteiger charge is -2.18. The van der Waals surface area contributed by atoms with E-state index in [1.807, 2.05) is 0 Å². The third-order valence-electron chi connectivity index (χ3n) is 3.44. The van der Waals surface area contributed by atoms with Crippen LogP contribution in [0.5, 0.6) is 11.5 Å². The Morgan fingerprint density at radius 3 is 2.91 bits per heavy atom. The Bertz CT molecular complexity index is 723. The van der Waals surface area contributed by atoms with Gasteiger partial charge in [0.2, 0.25) is 11.2 Å². The average Bonchev–Trinajstić information content (AvgIpc) is 2.67. The SMILES string of the molecule is CN1C(=O)[C@@H](N)COc2ccc(OCc3cnc(Cl)nc3)cc21. The topological polar surface area (TPSA) is 90.6 Å². The first-order valence-corrected chi connectivity index (χ1v) is 7.31. The number of fused-ring (bicyclic) bond motifs is 1. The van der Waals surface area contributed by atoms with Gasteiger partial charge < -0.3 is 20.1 Å². The van der Waals surface area contributed by atoms with E-state index in [0.29, 0.717) is 17.2 Å². The Labute approximate surface area is 138 Å². The molecule has 0 saturated carbocycles. The van der Waals surface area contributed by atoms with Gasteiger partial charge in [0.1, 0.15) is 30.8 Å². The van der Waals surface area contributed by atoms with Gasteiger partial charge in [-0.25, -0.2) is 9.97 Å². The first-order chi connectivity index (χ1) is 11.0. The number of carbonyl (C=O) groups excluding carboxylic acids is 1. The molecule has 1 aliphatic heterocycles. The van der Waals surface area contributed by atoms with Crippen LogP contribution < -0.4 is 20.1 Å². The highest BCUT2D eigenvalue weighted by atomic mass is 35.5. The lowest BCUT2D eigenvalue weighted by atomic mass is 10.2. The molecule has 7 nitrogen and oxygen atoms in total. The molecule has 1 aromatic carbocycles. The van der Waals surface area contributed by atoms with E-state index >= 15 is 0 Å². The molecule has 1 aromatic heterocycles. The molecule has 0 unspecified atom stereocenters. The van der Waals surface area contributed by atoms with Gasteiger partial charge in [-0.3, -0.25) is 4.79 Å². The largest absolute Gasteiger partial charge is 0.489 e. The molecule has 2 N–H and O–H groups in total. The van der Waals surface area contributed by atoms with Crippen molar-refractivity contribution in [2.45, 2.75) is 12.6 Å². The highest BCUT2D eigenvalue weighted by Gasteiger charge is 2.26. The second-order valence-corrected chi connectivity index (χ2v) is 5.43. The van der Waals surface area contributed by atoms with Crippen LogP contribution in [0.4, 0.5) is 5.69 Å². The summed E-state index contributed by atoms with van der Waals surface area (Å²) in [6, 6.07) is 4.58. The van der Waals surface area contributed by atoms with E-state index in [9.17, 15) is 4.79 Å². The summed E-state index contributed by atoms with van der Waals surface area (Å²) >= 11 is 5.64. The molecule has 0 fully saturated rings. The maximum absolute atomic E-state index is 12.1. The number of hydrogen-bond acceptors (Lipinski definition) is 6. The molecule has 2 heterocycles. The van der Waals surface area contributed by atoms with E-state index in [-0.39, 0.29) is 24.4 Å². The molecule has 0 radical (unpaired) electrons. The van der Waals surface area contributed by atoms with Gasteiger partial charge in [0.25, 0.3) is 0 Å². The van der Waals surface area contributed by atoms with Crippen molar-refractivity contribution in [3.05, 3.63) is 41.4 Å². The summed E-state index contributed by atoms with van der Waals surface area (Å²) in [6.07, 6.45) is 3.19. The predicted molar refractivity (Wildman–Crippen MR) is 84.7 cm³/mol. The van der Waals surface area contributed by atoms with Gasteiger partial charge in [-0.05, 0) is 23.7 Å². The molecule has 1 atom stereocenters. The van der Waals surface area contributed by atoms with Crippen molar-refractivity contribution in [2.24, 2.45) is 5.73 Å². The van der Waals surface area contributed by atoms with Gasteiger partial charge in [0.15, 0.2) is 0 Å². The molecule has 0 bridgehead atoms. The third kappa shape index (κ3) is 3.35. The van der Waals surface area contributed by atoms with E-state index in [1.165, 1.54) is 4.90 Å². The van der Waals surface area contributed by atoms with Gasteiger partial charge in [0.05, 0.1) is 5.69 Å². The summed E-state index contributed by atoms with van der Waals surface area (Å²) in [5.41, 5.74) is 7.16. The summed E-state index contributed by atoms with van der Waals surface area (Å²) < 4.78 is 11.3. The number of carbonyl (C=O) groups is 1. The summed E-state index contributed by atoms with van der Waals surface area (Å²) in [5.74, 6) is 0.986. The van der Waals surface area contributed by atoms with E-state index in [4.69, 9.17) is 26.8 Å². The van der Waals surface area contributed by atoms with Crippen molar-refractivity contribution in [1.29, 1.82) is 0 Å². The lowest BCUT2D eigenvalue weighted by Crippen LogP contribution is -2.43. The average molecular weight is 335 g/mol. The van der Waals surface area contributed by atoms with Gasteiger partial charge in [-0.2, -0.15) is 0 Å². The minimum Gasteiger partial charge on any atom is -0.489 e. The van der Waals surface area contributed by atoms with Crippen molar-refractivity contribution in [2.75, 3.05) is 18.6 Å². The zero-order chi connectivity index (χ0) is 16.4. The third-order valence-corrected chi connectivity index (χ3v) is 3.63. The van der Waals surface area contributed by atoms with Crippen LogP contribution in [0.3, 0.4) is 0 Å². The predicted octanol–water partition coefficient (Wildman–Crippen LogP) is 1.39. The minimum atomic E-state index is -0.678. The number of aromatic nitrogens is 2. The Morgan fingerprint density at radius 1 is 1.43 bits per heavy atom. The summed E-state index contributed by atoms with van der Waals surface area (Å²) in [7, 11) is 1.66. The molecule has 8 heteroatoms. The molecule has 2 aromatic rings. The zero-order valence-corrected chi connectivity index (χ0v) is 13.2. The van der Waals surface area contributed by atoms with Crippen LogP contribution in [0.25, 0.3) is 0 Å². The second kappa shape index (κ2) is 6.39. The van der Waals surface area contributed by atoms with Crippen molar-refractivity contribution < 1.29 is 14.3 Å². The van der Waals surface area contributed by atoms with Crippen LogP contribution >= 0.6 is 11.6 Å². The fraction of sp³-hybridized carbons (Fsp3) is 0.267. The number of amides is 1. The maximum Gasteiger partial charge on any atom is 0.247 e. The highest BCUT2D eigenvalue weighted by molar-refractivity contribution is 6.28. The number of ether oxygens (including phenoxy) is 2. The molecular weight excluding hydrogens is 320 g/mol. The van der Waals surface area contributed by atoms with Gasteiger partial charge in [-0.1, -0.05) is 0 Å². The molecule has 1 aliphatic rings.